The van der Waals surface area contributed by atoms with Gasteiger partial charge in [0.05, 0.1) is 13.2 Å². The number of benzene rings is 1. The molecule has 0 radical (unpaired) electrons. The summed E-state index contributed by atoms with van der Waals surface area (Å²) in [5.41, 5.74) is 0.400. The molecule has 0 N–H and O–H groups in total. The second-order valence-electron chi connectivity index (χ2n) is 7.01. The lowest BCUT2D eigenvalue weighted by Gasteiger charge is -2.37. The molecule has 0 aliphatic carbocycles. The highest BCUT2D eigenvalue weighted by molar-refractivity contribution is 7.89. The standard InChI is InChI=1S/C17H22N2O5S/c1-18-12-17(24-16(18)20)7-9-19(10-8-17)25(21,22)14-6-2-4-13-5-3-11-23-15(13)14/h2,4,6H,3,5,7-12H2,1H3. The average Bonchev–Trinajstić information content (AvgIpc) is 2.88. The number of amides is 1. The van der Waals surface area contributed by atoms with Crippen molar-refractivity contribution < 1.29 is 22.7 Å². The van der Waals surface area contributed by atoms with E-state index < -0.39 is 15.6 Å². The summed E-state index contributed by atoms with van der Waals surface area (Å²) in [5, 5.41) is 0. The summed E-state index contributed by atoms with van der Waals surface area (Å²) in [7, 11) is -1.92. The Kier molecular flexibility index (Phi) is 3.92. The molecular formula is C17H22N2O5S. The summed E-state index contributed by atoms with van der Waals surface area (Å²) in [6.45, 7) is 1.74. The predicted octanol–water partition coefficient (Wildman–Crippen LogP) is 1.62. The van der Waals surface area contributed by atoms with E-state index in [1.165, 1.54) is 4.31 Å². The molecule has 0 bridgehead atoms. The lowest BCUT2D eigenvalue weighted by atomic mass is 9.92. The van der Waals surface area contributed by atoms with Crippen LogP contribution in [0, 0.1) is 0 Å². The fraction of sp³-hybridized carbons (Fsp3) is 0.588. The van der Waals surface area contributed by atoms with Crippen LogP contribution in [-0.2, 0) is 21.2 Å². The Balaban J connectivity index is 1.56. The maximum atomic E-state index is 13.1. The number of sulfonamides is 1. The molecule has 8 heteroatoms. The van der Waals surface area contributed by atoms with E-state index in [9.17, 15) is 13.2 Å². The van der Waals surface area contributed by atoms with Crippen LogP contribution in [0.2, 0.25) is 0 Å². The van der Waals surface area contributed by atoms with Crippen molar-refractivity contribution in [3.63, 3.8) is 0 Å². The number of hydrogen-bond donors (Lipinski definition) is 0. The number of carbonyl (C=O) groups is 1. The first-order chi connectivity index (χ1) is 11.9. The molecule has 3 aliphatic heterocycles. The van der Waals surface area contributed by atoms with Crippen molar-refractivity contribution in [1.29, 1.82) is 0 Å². The zero-order valence-electron chi connectivity index (χ0n) is 14.2. The molecule has 0 atom stereocenters. The van der Waals surface area contributed by atoms with Crippen LogP contribution in [0.3, 0.4) is 0 Å². The zero-order chi connectivity index (χ0) is 17.7. The zero-order valence-corrected chi connectivity index (χ0v) is 15.0. The van der Waals surface area contributed by atoms with Crippen LogP contribution < -0.4 is 4.74 Å². The first-order valence-electron chi connectivity index (χ1n) is 8.60. The predicted molar refractivity (Wildman–Crippen MR) is 90.1 cm³/mol. The molecule has 3 aliphatic rings. The van der Waals surface area contributed by atoms with E-state index >= 15 is 0 Å². The van der Waals surface area contributed by atoms with Crippen LogP contribution in [-0.4, -0.2) is 62.6 Å². The molecular weight excluding hydrogens is 344 g/mol. The molecule has 1 aromatic rings. The molecule has 4 rings (SSSR count). The smallest absolute Gasteiger partial charge is 0.410 e. The normalized spacial score (nSPS) is 23.2. The Bertz CT molecular complexity index is 799. The molecule has 0 unspecified atom stereocenters. The minimum atomic E-state index is -3.62. The summed E-state index contributed by atoms with van der Waals surface area (Å²) in [5.74, 6) is 0.501. The van der Waals surface area contributed by atoms with Crippen LogP contribution in [0.1, 0.15) is 24.8 Å². The van der Waals surface area contributed by atoms with Gasteiger partial charge in [0.2, 0.25) is 10.0 Å². The summed E-state index contributed by atoms with van der Waals surface area (Å²) in [6, 6.07) is 5.32. The van der Waals surface area contributed by atoms with Gasteiger partial charge in [-0.15, -0.1) is 0 Å². The molecule has 1 amide bonds. The van der Waals surface area contributed by atoms with Gasteiger partial charge in [-0.25, -0.2) is 13.2 Å². The molecule has 7 nitrogen and oxygen atoms in total. The van der Waals surface area contributed by atoms with E-state index in [1.807, 2.05) is 6.07 Å². The van der Waals surface area contributed by atoms with E-state index in [0.29, 0.717) is 44.8 Å². The Labute approximate surface area is 147 Å². The second kappa shape index (κ2) is 5.88. The van der Waals surface area contributed by atoms with Gasteiger partial charge in [0.25, 0.3) is 0 Å². The highest BCUT2D eigenvalue weighted by Crippen LogP contribution is 2.37. The first-order valence-corrected chi connectivity index (χ1v) is 10.0. The van der Waals surface area contributed by atoms with Crippen molar-refractivity contribution in [3.05, 3.63) is 23.8 Å². The van der Waals surface area contributed by atoms with Gasteiger partial charge in [-0.05, 0) is 24.5 Å². The number of para-hydroxylation sites is 1. The van der Waals surface area contributed by atoms with E-state index in [2.05, 4.69) is 0 Å². The van der Waals surface area contributed by atoms with Crippen LogP contribution in [0.4, 0.5) is 4.79 Å². The van der Waals surface area contributed by atoms with E-state index in [1.54, 1.807) is 24.1 Å². The molecule has 136 valence electrons. The van der Waals surface area contributed by atoms with E-state index in [4.69, 9.17) is 9.47 Å². The Morgan fingerprint density at radius 1 is 1.20 bits per heavy atom. The van der Waals surface area contributed by atoms with Crippen LogP contribution in [0.15, 0.2) is 23.1 Å². The van der Waals surface area contributed by atoms with Crippen LogP contribution >= 0.6 is 0 Å². The molecule has 3 heterocycles. The number of aryl methyl sites for hydroxylation is 1. The van der Waals surface area contributed by atoms with Crippen LogP contribution in [0.5, 0.6) is 5.75 Å². The van der Waals surface area contributed by atoms with Gasteiger partial charge < -0.3 is 14.4 Å². The second-order valence-corrected chi connectivity index (χ2v) is 8.91. The minimum Gasteiger partial charge on any atom is -0.492 e. The number of rotatable bonds is 2. The first kappa shape index (κ1) is 16.7. The third-order valence-corrected chi connectivity index (χ3v) is 7.21. The number of ether oxygens (including phenoxy) is 2. The summed E-state index contributed by atoms with van der Waals surface area (Å²) >= 11 is 0. The molecule has 0 saturated carbocycles. The maximum absolute atomic E-state index is 13.1. The lowest BCUT2D eigenvalue weighted by Crippen LogP contribution is -2.48. The summed E-state index contributed by atoms with van der Waals surface area (Å²) < 4.78 is 38.9. The number of likely N-dealkylation sites (N-methyl/N-ethyl adjacent to an activating group) is 1. The number of nitrogens with zero attached hydrogens (tertiary/aromatic N) is 2. The highest BCUT2D eigenvalue weighted by Gasteiger charge is 2.47. The molecule has 1 aromatic carbocycles. The SMILES string of the molecule is CN1CC2(CCN(S(=O)(=O)c3cccc4c3OCCC4)CC2)OC1=O. The molecule has 25 heavy (non-hydrogen) atoms. The number of carbonyl (C=O) groups excluding carboxylic acids is 1. The Hall–Kier alpha value is -1.80. The van der Waals surface area contributed by atoms with Crippen molar-refractivity contribution in [2.75, 3.05) is 33.3 Å². The molecule has 2 saturated heterocycles. The van der Waals surface area contributed by atoms with Gasteiger partial charge in [0.15, 0.2) is 0 Å². The van der Waals surface area contributed by atoms with Gasteiger partial charge in [0.1, 0.15) is 16.2 Å². The molecule has 1 spiro atoms. The third-order valence-electron chi connectivity index (χ3n) is 5.29. The van der Waals surface area contributed by atoms with Gasteiger partial charge in [-0.1, -0.05) is 12.1 Å². The molecule has 0 aromatic heterocycles. The monoisotopic (exact) mass is 366 g/mol. The summed E-state index contributed by atoms with van der Waals surface area (Å²) in [6.07, 6.45) is 2.43. The van der Waals surface area contributed by atoms with E-state index in [0.717, 1.165) is 18.4 Å². The topological polar surface area (TPSA) is 76.2 Å². The fourth-order valence-electron chi connectivity index (χ4n) is 3.89. The van der Waals surface area contributed by atoms with Gasteiger partial charge in [-0.2, -0.15) is 4.31 Å². The largest absolute Gasteiger partial charge is 0.492 e. The van der Waals surface area contributed by atoms with Gasteiger partial charge in [-0.3, -0.25) is 0 Å². The molecule has 2 fully saturated rings. The Morgan fingerprint density at radius 3 is 2.64 bits per heavy atom. The highest BCUT2D eigenvalue weighted by atomic mass is 32.2. The van der Waals surface area contributed by atoms with Gasteiger partial charge >= 0.3 is 6.09 Å². The number of hydrogen-bond acceptors (Lipinski definition) is 5. The quantitative estimate of drug-likeness (QED) is 0.795. The van der Waals surface area contributed by atoms with Crippen molar-refractivity contribution in [3.8, 4) is 5.75 Å². The van der Waals surface area contributed by atoms with Crippen molar-refractivity contribution in [2.45, 2.75) is 36.2 Å². The fourth-order valence-corrected chi connectivity index (χ4v) is 5.50. The van der Waals surface area contributed by atoms with Crippen LogP contribution in [0.25, 0.3) is 0 Å². The summed E-state index contributed by atoms with van der Waals surface area (Å²) in [4.78, 5) is 13.5. The minimum absolute atomic E-state index is 0.251. The van der Waals surface area contributed by atoms with Crippen molar-refractivity contribution >= 4 is 16.1 Å². The van der Waals surface area contributed by atoms with E-state index in [-0.39, 0.29) is 11.0 Å². The number of piperidine rings is 1. The third kappa shape index (κ3) is 2.77. The number of fused-ring (bicyclic) bond motifs is 1. The van der Waals surface area contributed by atoms with Crippen molar-refractivity contribution in [1.82, 2.24) is 9.21 Å². The average molecular weight is 366 g/mol. The van der Waals surface area contributed by atoms with Crippen molar-refractivity contribution in [2.24, 2.45) is 0 Å². The van der Waals surface area contributed by atoms with Gasteiger partial charge in [0, 0.05) is 33.0 Å². The lowest BCUT2D eigenvalue weighted by molar-refractivity contribution is 0.0172. The Morgan fingerprint density at radius 2 is 1.96 bits per heavy atom. The maximum Gasteiger partial charge on any atom is 0.410 e.